The van der Waals surface area contributed by atoms with E-state index in [4.69, 9.17) is 9.72 Å². The molecular weight excluding hydrogens is 400 g/mol. The highest BCUT2D eigenvalue weighted by Crippen LogP contribution is 2.53. The topological polar surface area (TPSA) is 67.4 Å². The first-order valence-electron chi connectivity index (χ1n) is 11.5. The van der Waals surface area contributed by atoms with Crippen LogP contribution in [0.25, 0.3) is 11.1 Å². The number of anilines is 2. The van der Waals surface area contributed by atoms with Crippen LogP contribution in [0.15, 0.2) is 48.3 Å². The molecule has 1 amide bonds. The maximum atomic E-state index is 12.6. The van der Waals surface area contributed by atoms with Crippen LogP contribution in [-0.4, -0.2) is 21.4 Å². The fourth-order valence-electron chi connectivity index (χ4n) is 5.28. The Kier molecular flexibility index (Phi) is 4.07. The number of hydrogen-bond acceptors (Lipinski definition) is 5. The lowest BCUT2D eigenvalue weighted by atomic mass is 9.91. The summed E-state index contributed by atoms with van der Waals surface area (Å²) in [6.45, 7) is 6.26. The number of fused-ring (bicyclic) bond motifs is 3. The molecule has 1 unspecified atom stereocenters. The minimum absolute atomic E-state index is 0. The van der Waals surface area contributed by atoms with Crippen molar-refractivity contribution in [3.8, 4) is 16.9 Å². The first-order valence-corrected chi connectivity index (χ1v) is 11.5. The number of ether oxygens (including phenoxy) is 1. The van der Waals surface area contributed by atoms with Crippen molar-refractivity contribution < 1.29 is 11.0 Å². The zero-order valence-corrected chi connectivity index (χ0v) is 18.8. The molecule has 6 rings (SSSR count). The number of aromatic nitrogens is 2. The minimum atomic E-state index is -0.612. The molecule has 1 spiro atoms. The van der Waals surface area contributed by atoms with Crippen molar-refractivity contribution in [3.05, 3.63) is 54.0 Å². The molecule has 6 heteroatoms. The van der Waals surface area contributed by atoms with E-state index < -0.39 is 5.60 Å². The van der Waals surface area contributed by atoms with Crippen LogP contribution in [0.3, 0.4) is 0 Å². The lowest BCUT2D eigenvalue weighted by Crippen LogP contribution is -2.35. The Morgan fingerprint density at radius 3 is 2.84 bits per heavy atom. The van der Waals surface area contributed by atoms with E-state index in [0.717, 1.165) is 59.6 Å². The Labute approximate surface area is 189 Å². The number of carbonyl (C=O) groups excluding carboxylic acids is 1. The molecule has 1 aromatic carbocycles. The second kappa shape index (κ2) is 6.67. The summed E-state index contributed by atoms with van der Waals surface area (Å²) in [6.07, 6.45) is 13.0. The summed E-state index contributed by atoms with van der Waals surface area (Å²) in [7, 11) is 0. The number of allylic oxidation sites excluding steroid dienone is 4. The Morgan fingerprint density at radius 2 is 2.06 bits per heavy atom. The van der Waals surface area contributed by atoms with Crippen molar-refractivity contribution in [2.24, 2.45) is 5.92 Å². The number of benzene rings is 1. The number of nitrogens with one attached hydrogen (secondary N) is 1. The third-order valence-corrected chi connectivity index (χ3v) is 7.28. The minimum Gasteiger partial charge on any atom is -0.481 e. The molecule has 0 bridgehead atoms. The number of nitrogens with zero attached hydrogens (tertiary/aromatic N) is 3. The van der Waals surface area contributed by atoms with Crippen LogP contribution in [0.4, 0.5) is 11.6 Å². The van der Waals surface area contributed by atoms with E-state index in [1.807, 2.05) is 43.1 Å². The van der Waals surface area contributed by atoms with Crippen molar-refractivity contribution in [1.82, 2.24) is 9.97 Å². The predicted octanol–water partition coefficient (Wildman–Crippen LogP) is 5.57. The van der Waals surface area contributed by atoms with Gasteiger partial charge in [0.25, 0.3) is 0 Å². The number of amides is 1. The van der Waals surface area contributed by atoms with E-state index in [-0.39, 0.29) is 12.9 Å². The summed E-state index contributed by atoms with van der Waals surface area (Å²) >= 11 is 0. The summed E-state index contributed by atoms with van der Waals surface area (Å²) in [5.74, 6) is 2.00. The largest absolute Gasteiger partial charge is 0.481 e. The summed E-state index contributed by atoms with van der Waals surface area (Å²) in [5.41, 5.74) is 4.32. The monoisotopic (exact) mass is 430 g/mol. The highest BCUT2D eigenvalue weighted by molar-refractivity contribution is 5.99. The van der Waals surface area contributed by atoms with Gasteiger partial charge in [-0.25, -0.2) is 9.97 Å². The molecule has 1 atom stereocenters. The van der Waals surface area contributed by atoms with Gasteiger partial charge in [-0.3, -0.25) is 4.79 Å². The molecule has 1 saturated carbocycles. The molecule has 4 aliphatic rings. The van der Waals surface area contributed by atoms with Gasteiger partial charge in [0, 0.05) is 48.2 Å². The van der Waals surface area contributed by atoms with E-state index >= 15 is 0 Å². The zero-order chi connectivity index (χ0) is 22.1. The number of carbonyl (C=O) groups is 1. The Morgan fingerprint density at radius 1 is 1.22 bits per heavy atom. The van der Waals surface area contributed by atoms with Crippen LogP contribution in [-0.2, 0) is 10.4 Å². The van der Waals surface area contributed by atoms with E-state index in [0.29, 0.717) is 18.3 Å². The second-order valence-electron chi connectivity index (χ2n) is 10.0. The number of rotatable bonds is 3. The van der Waals surface area contributed by atoms with Crippen molar-refractivity contribution >= 4 is 17.5 Å². The lowest BCUT2D eigenvalue weighted by Gasteiger charge is -2.35. The normalized spacial score (nSPS) is 24.0. The molecule has 1 saturated heterocycles. The third-order valence-electron chi connectivity index (χ3n) is 7.28. The van der Waals surface area contributed by atoms with Crippen molar-refractivity contribution in [3.63, 3.8) is 0 Å². The molecular formula is C26H30N4O2. The Hall–Kier alpha value is -3.15. The fraction of sp³-hybridized carbons (Fsp3) is 0.423. The molecule has 3 heterocycles. The van der Waals surface area contributed by atoms with Crippen LogP contribution >= 0.6 is 0 Å². The molecule has 0 radical (unpaired) electrons. The molecule has 32 heavy (non-hydrogen) atoms. The van der Waals surface area contributed by atoms with Crippen LogP contribution < -0.4 is 15.0 Å². The molecule has 2 aliphatic carbocycles. The van der Waals surface area contributed by atoms with Gasteiger partial charge in [-0.1, -0.05) is 19.1 Å². The molecule has 166 valence electrons. The van der Waals surface area contributed by atoms with E-state index in [9.17, 15) is 4.79 Å². The van der Waals surface area contributed by atoms with Crippen molar-refractivity contribution in [2.45, 2.75) is 64.0 Å². The number of hydrogen-bond donors (Lipinski definition) is 1. The summed E-state index contributed by atoms with van der Waals surface area (Å²) in [5, 5.41) is 3.40. The van der Waals surface area contributed by atoms with E-state index in [1.165, 1.54) is 0 Å². The maximum absolute atomic E-state index is 12.6. The molecule has 1 aromatic heterocycles. The van der Waals surface area contributed by atoms with Gasteiger partial charge in [-0.15, -0.1) is 0 Å². The van der Waals surface area contributed by atoms with Crippen LogP contribution in [0.5, 0.6) is 5.75 Å². The van der Waals surface area contributed by atoms with Gasteiger partial charge in [0.05, 0.1) is 5.69 Å². The average molecular weight is 431 g/mol. The van der Waals surface area contributed by atoms with Crippen molar-refractivity contribution in [1.29, 1.82) is 0 Å². The van der Waals surface area contributed by atoms with Gasteiger partial charge in [0.2, 0.25) is 11.9 Å². The van der Waals surface area contributed by atoms with Gasteiger partial charge < -0.3 is 15.0 Å². The first-order chi connectivity index (χ1) is 15.4. The second-order valence-corrected chi connectivity index (χ2v) is 10.0. The van der Waals surface area contributed by atoms with Crippen LogP contribution in [0.1, 0.15) is 60.0 Å². The highest BCUT2D eigenvalue weighted by atomic mass is 16.5. The average Bonchev–Trinajstić information content (AvgIpc) is 3.46. The summed E-state index contributed by atoms with van der Waals surface area (Å²) < 4.78 is 6.45. The molecule has 2 aromatic rings. The molecule has 6 nitrogen and oxygen atoms in total. The van der Waals surface area contributed by atoms with Gasteiger partial charge in [0.1, 0.15) is 11.4 Å². The molecule has 2 aliphatic heterocycles. The van der Waals surface area contributed by atoms with Gasteiger partial charge in [-0.05, 0) is 63.7 Å². The summed E-state index contributed by atoms with van der Waals surface area (Å²) in [4.78, 5) is 24.1. The van der Waals surface area contributed by atoms with Gasteiger partial charge >= 0.3 is 0 Å². The zero-order valence-electron chi connectivity index (χ0n) is 18.8. The van der Waals surface area contributed by atoms with Gasteiger partial charge in [0.15, 0.2) is 0 Å². The van der Waals surface area contributed by atoms with Crippen molar-refractivity contribution in [2.75, 3.05) is 10.2 Å². The summed E-state index contributed by atoms with van der Waals surface area (Å²) in [6, 6.07) is 6.12. The molecule has 1 N–H and O–H groups in total. The molecule has 2 fully saturated rings. The first kappa shape index (κ1) is 19.5. The predicted molar refractivity (Wildman–Crippen MR) is 127 cm³/mol. The smallest absolute Gasteiger partial charge is 0.227 e. The SMILES string of the molecule is CC1CC=CC=C1Nc1ncc2c(n1)C(C)(C)Oc1cc(N3C(=O)CCC34CC4)ccc1-2.[HH]. The third kappa shape index (κ3) is 2.96. The highest BCUT2D eigenvalue weighted by Gasteiger charge is 2.54. The fourth-order valence-corrected chi connectivity index (χ4v) is 5.28. The Balaban J connectivity index is 0.00000228. The standard InChI is InChI=1S/C26H28N4O2.H2/c1-16-6-4-5-7-20(16)28-24-27-15-19-18-9-8-17(30-22(31)10-11-26(30)12-13-26)14-21(18)32-25(2,3)23(19)29-24;/h4-5,7-9,14-16H,6,10-13H2,1-3H3,(H,27,28,29);1H. The van der Waals surface area contributed by atoms with Gasteiger partial charge in [-0.2, -0.15) is 0 Å². The lowest BCUT2D eigenvalue weighted by molar-refractivity contribution is -0.117. The Bertz CT molecular complexity index is 1200. The van der Waals surface area contributed by atoms with Crippen LogP contribution in [0.2, 0.25) is 0 Å². The maximum Gasteiger partial charge on any atom is 0.227 e. The van der Waals surface area contributed by atoms with E-state index in [1.54, 1.807) is 0 Å². The van der Waals surface area contributed by atoms with E-state index in [2.05, 4.69) is 35.5 Å². The quantitative estimate of drug-likeness (QED) is 0.690. The van der Waals surface area contributed by atoms with Crippen LogP contribution in [0, 0.1) is 5.92 Å².